The number of unbranched alkanes of at least 4 members (excludes halogenated alkanes) is 26. The van der Waals surface area contributed by atoms with E-state index in [1.165, 1.54) is 166 Å². The van der Waals surface area contributed by atoms with E-state index in [2.05, 4.69) is 13.8 Å². The van der Waals surface area contributed by atoms with E-state index in [0.717, 1.165) is 25.7 Å². The Morgan fingerprint density at radius 3 is 0.826 bits per heavy atom. The fraction of sp³-hybridized carbons (Fsp3) is 0.846. The molecule has 0 aromatic heterocycles. The van der Waals surface area contributed by atoms with Gasteiger partial charge < -0.3 is 25.5 Å². The molecule has 0 aromatic carbocycles. The van der Waals surface area contributed by atoms with E-state index in [4.69, 9.17) is 25.5 Å². The SMILES string of the molecule is CCCCCCCCCCCCCCCC=CC(=O)O.CCCCCCCCCCCCCCCC=CC(=O)O.OCC(O)CO. The van der Waals surface area contributed by atoms with Crippen molar-refractivity contribution in [3.05, 3.63) is 24.3 Å². The van der Waals surface area contributed by atoms with Gasteiger partial charge in [-0.15, -0.1) is 0 Å². The first-order chi connectivity index (χ1) is 22.3. The van der Waals surface area contributed by atoms with E-state index in [9.17, 15) is 9.59 Å². The van der Waals surface area contributed by atoms with Crippen LogP contribution in [-0.2, 0) is 9.59 Å². The number of rotatable bonds is 32. The molecule has 7 heteroatoms. The first-order valence-electron chi connectivity index (χ1n) is 19.0. The van der Waals surface area contributed by atoms with Crippen molar-refractivity contribution in [2.75, 3.05) is 13.2 Å². The quantitative estimate of drug-likeness (QED) is 0.0359. The van der Waals surface area contributed by atoms with Gasteiger partial charge in [-0.2, -0.15) is 0 Å². The highest BCUT2D eigenvalue weighted by Crippen LogP contribution is 2.14. The molecule has 0 aliphatic rings. The summed E-state index contributed by atoms with van der Waals surface area (Å²) >= 11 is 0. The van der Waals surface area contributed by atoms with Crippen LogP contribution in [0.25, 0.3) is 0 Å². The second kappa shape index (κ2) is 45.4. The molecule has 0 aliphatic heterocycles. The van der Waals surface area contributed by atoms with E-state index in [-0.39, 0.29) is 13.2 Å². The van der Waals surface area contributed by atoms with Gasteiger partial charge in [-0.05, 0) is 25.7 Å². The average molecular weight is 657 g/mol. The van der Waals surface area contributed by atoms with Crippen molar-refractivity contribution in [3.63, 3.8) is 0 Å². The van der Waals surface area contributed by atoms with Crippen LogP contribution in [0, 0.1) is 0 Å². The average Bonchev–Trinajstić information content (AvgIpc) is 3.04. The predicted octanol–water partition coefficient (Wildman–Crippen LogP) is 10.5. The number of allylic oxidation sites excluding steroid dienone is 2. The molecule has 0 aliphatic carbocycles. The Labute approximate surface area is 284 Å². The summed E-state index contributed by atoms with van der Waals surface area (Å²) in [5, 5.41) is 40.9. The summed E-state index contributed by atoms with van der Waals surface area (Å²) in [7, 11) is 0. The summed E-state index contributed by atoms with van der Waals surface area (Å²) in [6.45, 7) is 3.80. The third-order valence-corrected chi connectivity index (χ3v) is 7.89. The van der Waals surface area contributed by atoms with Crippen molar-refractivity contribution < 1.29 is 35.1 Å². The maximum atomic E-state index is 10.2. The number of aliphatic hydroxyl groups is 3. The van der Waals surface area contributed by atoms with Gasteiger partial charge >= 0.3 is 11.9 Å². The van der Waals surface area contributed by atoms with E-state index in [1.54, 1.807) is 12.2 Å². The van der Waals surface area contributed by atoms with Gasteiger partial charge in [0.25, 0.3) is 0 Å². The molecule has 0 rings (SSSR count). The van der Waals surface area contributed by atoms with Crippen molar-refractivity contribution in [1.29, 1.82) is 0 Å². The van der Waals surface area contributed by atoms with Gasteiger partial charge in [0.1, 0.15) is 6.10 Å². The summed E-state index contributed by atoms with van der Waals surface area (Å²) in [6.07, 6.45) is 42.2. The Balaban J connectivity index is -0.000000682. The standard InChI is InChI=1S/2C18H34O2.C3H8O3/c2*1-2-3-4-5-6-7-8-9-10-11-12-13-14-15-16-17-18(19)20;4-1-3(6)2-5/h2*16-17H,2-15H2,1H3,(H,19,20);3-6H,1-2H2. The van der Waals surface area contributed by atoms with Gasteiger partial charge in [0.15, 0.2) is 0 Å². The summed E-state index contributed by atoms with van der Waals surface area (Å²) in [5.41, 5.74) is 0. The molecule has 274 valence electrons. The summed E-state index contributed by atoms with van der Waals surface area (Å²) in [4.78, 5) is 20.5. The molecule has 7 nitrogen and oxygen atoms in total. The molecule has 0 heterocycles. The molecule has 5 N–H and O–H groups in total. The summed E-state index contributed by atoms with van der Waals surface area (Å²) in [6, 6.07) is 0. The maximum absolute atomic E-state index is 10.2. The number of hydrogen-bond acceptors (Lipinski definition) is 5. The minimum absolute atomic E-state index is 0.365. The van der Waals surface area contributed by atoms with E-state index < -0.39 is 18.0 Å². The first kappa shape index (κ1) is 48.7. The number of carboxylic acids is 2. The van der Waals surface area contributed by atoms with Crippen LogP contribution in [0.3, 0.4) is 0 Å². The molecule has 0 radical (unpaired) electrons. The number of aliphatic carboxylic acids is 2. The van der Waals surface area contributed by atoms with Crippen LogP contribution in [0.4, 0.5) is 0 Å². The van der Waals surface area contributed by atoms with Crippen LogP contribution in [0.1, 0.15) is 194 Å². The van der Waals surface area contributed by atoms with E-state index in [0.29, 0.717) is 0 Å². The van der Waals surface area contributed by atoms with E-state index in [1.807, 2.05) is 0 Å². The zero-order chi connectivity index (χ0) is 34.8. The van der Waals surface area contributed by atoms with Crippen molar-refractivity contribution in [2.45, 2.75) is 200 Å². The van der Waals surface area contributed by atoms with Crippen LogP contribution >= 0.6 is 0 Å². The molecule has 0 bridgehead atoms. The lowest BCUT2D eigenvalue weighted by Gasteiger charge is -2.02. The van der Waals surface area contributed by atoms with Crippen molar-refractivity contribution in [3.8, 4) is 0 Å². The monoisotopic (exact) mass is 657 g/mol. The molecule has 0 fully saturated rings. The molecule has 0 atom stereocenters. The normalized spacial score (nSPS) is 11.1. The predicted molar refractivity (Wildman–Crippen MR) is 194 cm³/mol. The third kappa shape index (κ3) is 54.8. The number of aliphatic hydroxyl groups excluding tert-OH is 3. The minimum atomic E-state index is -0.954. The molecular weight excluding hydrogens is 580 g/mol. The molecular formula is C39H76O7. The second-order valence-corrected chi connectivity index (χ2v) is 12.6. The van der Waals surface area contributed by atoms with Crippen LogP contribution in [0.5, 0.6) is 0 Å². The third-order valence-electron chi connectivity index (χ3n) is 7.89. The van der Waals surface area contributed by atoms with Gasteiger partial charge in [0.2, 0.25) is 0 Å². The minimum Gasteiger partial charge on any atom is -0.478 e. The lowest BCUT2D eigenvalue weighted by Crippen LogP contribution is -2.15. The largest absolute Gasteiger partial charge is 0.478 e. The number of carbonyl (C=O) groups is 2. The van der Waals surface area contributed by atoms with E-state index >= 15 is 0 Å². The number of hydrogen-bond donors (Lipinski definition) is 5. The fourth-order valence-corrected chi connectivity index (χ4v) is 4.99. The van der Waals surface area contributed by atoms with Crippen LogP contribution < -0.4 is 0 Å². The summed E-state index contributed by atoms with van der Waals surface area (Å²) in [5.74, 6) is -1.67. The molecule has 0 unspecified atom stereocenters. The highest BCUT2D eigenvalue weighted by Gasteiger charge is 1.96. The zero-order valence-electron chi connectivity index (χ0n) is 30.2. The fourth-order valence-electron chi connectivity index (χ4n) is 4.99. The molecule has 46 heavy (non-hydrogen) atoms. The smallest absolute Gasteiger partial charge is 0.327 e. The Morgan fingerprint density at radius 2 is 0.652 bits per heavy atom. The Bertz CT molecular complexity index is 594. The highest BCUT2D eigenvalue weighted by molar-refractivity contribution is 5.79. The number of carboxylic acid groups (broad SMARTS) is 2. The van der Waals surface area contributed by atoms with Gasteiger partial charge in [-0.1, -0.05) is 180 Å². The molecule has 0 amide bonds. The zero-order valence-corrected chi connectivity index (χ0v) is 30.2. The first-order valence-corrected chi connectivity index (χ1v) is 19.0. The molecule has 0 aromatic rings. The Kier molecular flexibility index (Phi) is 48.1. The van der Waals surface area contributed by atoms with Gasteiger partial charge in [-0.25, -0.2) is 9.59 Å². The van der Waals surface area contributed by atoms with Crippen LogP contribution in [0.15, 0.2) is 24.3 Å². The Morgan fingerprint density at radius 1 is 0.435 bits per heavy atom. The van der Waals surface area contributed by atoms with Crippen LogP contribution in [-0.4, -0.2) is 56.8 Å². The highest BCUT2D eigenvalue weighted by atomic mass is 16.4. The maximum Gasteiger partial charge on any atom is 0.327 e. The Hall–Kier alpha value is -1.70. The summed E-state index contributed by atoms with van der Waals surface area (Å²) < 4.78 is 0. The second-order valence-electron chi connectivity index (χ2n) is 12.6. The van der Waals surface area contributed by atoms with Gasteiger partial charge in [0, 0.05) is 12.2 Å². The van der Waals surface area contributed by atoms with Gasteiger partial charge in [0.05, 0.1) is 13.2 Å². The van der Waals surface area contributed by atoms with Crippen LogP contribution in [0.2, 0.25) is 0 Å². The van der Waals surface area contributed by atoms with Crippen molar-refractivity contribution in [2.24, 2.45) is 0 Å². The topological polar surface area (TPSA) is 135 Å². The molecule has 0 saturated heterocycles. The molecule has 0 spiro atoms. The van der Waals surface area contributed by atoms with Crippen molar-refractivity contribution in [1.82, 2.24) is 0 Å². The van der Waals surface area contributed by atoms with Crippen molar-refractivity contribution >= 4 is 11.9 Å². The lowest BCUT2D eigenvalue weighted by molar-refractivity contribution is -0.132. The van der Waals surface area contributed by atoms with Gasteiger partial charge in [-0.3, -0.25) is 0 Å². The lowest BCUT2D eigenvalue weighted by atomic mass is 10.0. The molecule has 0 saturated carbocycles.